The van der Waals surface area contributed by atoms with Crippen molar-refractivity contribution in [2.24, 2.45) is 0 Å². The highest BCUT2D eigenvalue weighted by atomic mass is 35.5. The van der Waals surface area contributed by atoms with Crippen LogP contribution in [0.2, 0.25) is 0 Å². The Kier molecular flexibility index (Phi) is 9.21. The number of ether oxygens (including phenoxy) is 1. The van der Waals surface area contributed by atoms with Crippen LogP contribution in [0.3, 0.4) is 0 Å². The average Bonchev–Trinajstić information content (AvgIpc) is 2.32. The summed E-state index contributed by atoms with van der Waals surface area (Å²) in [5, 5.41) is 6.13. The van der Waals surface area contributed by atoms with E-state index in [9.17, 15) is 4.79 Å². The van der Waals surface area contributed by atoms with Crippen molar-refractivity contribution >= 4 is 18.3 Å². The molecule has 5 heteroatoms. The highest BCUT2D eigenvalue weighted by Gasteiger charge is 2.11. The summed E-state index contributed by atoms with van der Waals surface area (Å²) in [5.74, 6) is 0.00328. The van der Waals surface area contributed by atoms with Gasteiger partial charge in [-0.1, -0.05) is 17.7 Å². The molecule has 0 aliphatic heterocycles. The highest BCUT2D eigenvalue weighted by Crippen LogP contribution is 2.15. The van der Waals surface area contributed by atoms with Crippen molar-refractivity contribution in [3.8, 4) is 0 Å². The van der Waals surface area contributed by atoms with Crippen LogP contribution < -0.4 is 10.6 Å². The lowest BCUT2D eigenvalue weighted by molar-refractivity contribution is 0.0952. The van der Waals surface area contributed by atoms with Gasteiger partial charge in [0, 0.05) is 32.3 Å². The lowest BCUT2D eigenvalue weighted by atomic mass is 9.99. The van der Waals surface area contributed by atoms with Crippen molar-refractivity contribution in [3.63, 3.8) is 0 Å². The first-order valence-corrected chi connectivity index (χ1v) is 6.62. The van der Waals surface area contributed by atoms with E-state index in [1.54, 1.807) is 7.11 Å². The fraction of sp³-hybridized carbons (Fsp3) is 0.533. The second-order valence-electron chi connectivity index (χ2n) is 4.77. The summed E-state index contributed by atoms with van der Waals surface area (Å²) < 4.78 is 4.93. The predicted molar refractivity (Wildman–Crippen MR) is 85.0 cm³/mol. The number of halogens is 1. The largest absolute Gasteiger partial charge is 0.383 e. The predicted octanol–water partition coefficient (Wildman–Crippen LogP) is 2.00. The minimum Gasteiger partial charge on any atom is -0.383 e. The lowest BCUT2D eigenvalue weighted by Gasteiger charge is -2.12. The fourth-order valence-corrected chi connectivity index (χ4v) is 2.19. The number of aryl methyl sites for hydroxylation is 3. The van der Waals surface area contributed by atoms with Crippen LogP contribution in [-0.2, 0) is 4.74 Å². The molecule has 0 saturated heterocycles. The van der Waals surface area contributed by atoms with Crippen LogP contribution in [0, 0.1) is 20.8 Å². The molecule has 2 N–H and O–H groups in total. The summed E-state index contributed by atoms with van der Waals surface area (Å²) in [6, 6.07) is 4.08. The molecule has 1 rings (SSSR count). The van der Waals surface area contributed by atoms with Crippen LogP contribution in [0.5, 0.6) is 0 Å². The molecule has 1 aromatic carbocycles. The van der Waals surface area contributed by atoms with Crippen molar-refractivity contribution in [3.05, 3.63) is 34.4 Å². The number of methoxy groups -OCH3 is 1. The third-order valence-corrected chi connectivity index (χ3v) is 2.97. The van der Waals surface area contributed by atoms with Gasteiger partial charge in [0.05, 0.1) is 6.61 Å². The molecule has 4 nitrogen and oxygen atoms in total. The quantitative estimate of drug-likeness (QED) is 0.757. The average molecular weight is 301 g/mol. The first kappa shape index (κ1) is 18.9. The Morgan fingerprint density at radius 2 is 1.70 bits per heavy atom. The maximum atomic E-state index is 12.1. The maximum absolute atomic E-state index is 12.1. The van der Waals surface area contributed by atoms with Crippen molar-refractivity contribution in [2.75, 3.05) is 33.4 Å². The topological polar surface area (TPSA) is 50.4 Å². The van der Waals surface area contributed by atoms with E-state index in [0.717, 1.165) is 29.8 Å². The van der Waals surface area contributed by atoms with E-state index in [1.165, 1.54) is 5.56 Å². The molecule has 0 aromatic heterocycles. The lowest BCUT2D eigenvalue weighted by Crippen LogP contribution is -2.33. The molecular formula is C15H25ClN2O2. The number of hydrogen-bond acceptors (Lipinski definition) is 3. The first-order chi connectivity index (χ1) is 9.06. The van der Waals surface area contributed by atoms with Gasteiger partial charge in [0.2, 0.25) is 0 Å². The second-order valence-corrected chi connectivity index (χ2v) is 4.77. The summed E-state index contributed by atoms with van der Waals surface area (Å²) in [6.45, 7) is 8.85. The van der Waals surface area contributed by atoms with Crippen LogP contribution in [-0.4, -0.2) is 39.3 Å². The van der Waals surface area contributed by atoms with Gasteiger partial charge in [-0.2, -0.15) is 0 Å². The van der Waals surface area contributed by atoms with Crippen LogP contribution in [0.1, 0.15) is 27.0 Å². The summed E-state index contributed by atoms with van der Waals surface area (Å²) in [6.07, 6.45) is 0. The van der Waals surface area contributed by atoms with E-state index in [4.69, 9.17) is 4.74 Å². The van der Waals surface area contributed by atoms with Gasteiger partial charge in [-0.3, -0.25) is 4.79 Å². The van der Waals surface area contributed by atoms with Crippen molar-refractivity contribution in [1.29, 1.82) is 0 Å². The zero-order valence-electron chi connectivity index (χ0n) is 12.7. The first-order valence-electron chi connectivity index (χ1n) is 6.62. The number of nitrogens with one attached hydrogen (secondary N) is 2. The molecule has 0 spiro atoms. The summed E-state index contributed by atoms with van der Waals surface area (Å²) in [5.41, 5.74) is 4.04. The standard InChI is InChI=1S/C15H24N2O2.ClH/c1-11-9-12(2)14(13(3)10-11)15(18)17-6-5-16-7-8-19-4;/h9-10,16H,5-8H2,1-4H3,(H,17,18);1H. The number of carbonyl (C=O) groups is 1. The Hall–Kier alpha value is -1.10. The molecule has 0 bridgehead atoms. The minimum absolute atomic E-state index is 0. The van der Waals surface area contributed by atoms with Crippen molar-refractivity contribution in [2.45, 2.75) is 20.8 Å². The van der Waals surface area contributed by atoms with Crippen molar-refractivity contribution in [1.82, 2.24) is 10.6 Å². The van der Waals surface area contributed by atoms with E-state index >= 15 is 0 Å². The Labute approximate surface area is 127 Å². The molecule has 20 heavy (non-hydrogen) atoms. The molecule has 0 unspecified atom stereocenters. The zero-order chi connectivity index (χ0) is 14.3. The van der Waals surface area contributed by atoms with E-state index in [2.05, 4.69) is 10.6 Å². The minimum atomic E-state index is 0. The van der Waals surface area contributed by atoms with Gasteiger partial charge in [0.25, 0.3) is 5.91 Å². The number of benzene rings is 1. The van der Waals surface area contributed by atoms with Gasteiger partial charge in [-0.05, 0) is 31.9 Å². The summed E-state index contributed by atoms with van der Waals surface area (Å²) in [7, 11) is 1.67. The molecule has 0 atom stereocenters. The Bertz CT molecular complexity index is 413. The third-order valence-electron chi connectivity index (χ3n) is 2.97. The van der Waals surface area contributed by atoms with Gasteiger partial charge in [0.15, 0.2) is 0 Å². The summed E-state index contributed by atoms with van der Waals surface area (Å²) in [4.78, 5) is 12.1. The normalized spacial score (nSPS) is 10.0. The van der Waals surface area contributed by atoms with Gasteiger partial charge in [-0.15, -0.1) is 12.4 Å². The molecule has 0 saturated carbocycles. The van der Waals surface area contributed by atoms with Crippen LogP contribution in [0.25, 0.3) is 0 Å². The van der Waals surface area contributed by atoms with Gasteiger partial charge < -0.3 is 15.4 Å². The van der Waals surface area contributed by atoms with Crippen molar-refractivity contribution < 1.29 is 9.53 Å². The fourth-order valence-electron chi connectivity index (χ4n) is 2.19. The molecule has 0 heterocycles. The molecule has 0 radical (unpaired) electrons. The second kappa shape index (κ2) is 9.75. The van der Waals surface area contributed by atoms with E-state index < -0.39 is 0 Å². The number of rotatable bonds is 7. The smallest absolute Gasteiger partial charge is 0.251 e. The van der Waals surface area contributed by atoms with Crippen LogP contribution in [0.4, 0.5) is 0 Å². The summed E-state index contributed by atoms with van der Waals surface area (Å²) >= 11 is 0. The SMILES string of the molecule is COCCNCCNC(=O)c1c(C)cc(C)cc1C.Cl. The van der Waals surface area contributed by atoms with Crippen LogP contribution >= 0.6 is 12.4 Å². The number of carbonyl (C=O) groups excluding carboxylic acids is 1. The molecule has 114 valence electrons. The zero-order valence-corrected chi connectivity index (χ0v) is 13.5. The number of hydrogen-bond donors (Lipinski definition) is 2. The Balaban J connectivity index is 0.00000361. The number of amides is 1. The van der Waals surface area contributed by atoms with E-state index in [-0.39, 0.29) is 18.3 Å². The Morgan fingerprint density at radius 1 is 1.10 bits per heavy atom. The van der Waals surface area contributed by atoms with Gasteiger partial charge >= 0.3 is 0 Å². The van der Waals surface area contributed by atoms with Gasteiger partial charge in [-0.25, -0.2) is 0 Å². The van der Waals surface area contributed by atoms with Crippen LogP contribution in [0.15, 0.2) is 12.1 Å². The monoisotopic (exact) mass is 300 g/mol. The molecule has 0 aliphatic rings. The highest BCUT2D eigenvalue weighted by molar-refractivity contribution is 5.97. The van der Waals surface area contributed by atoms with E-state index in [0.29, 0.717) is 13.2 Å². The third kappa shape index (κ3) is 5.90. The van der Waals surface area contributed by atoms with Gasteiger partial charge in [0.1, 0.15) is 0 Å². The molecule has 1 amide bonds. The molecular weight excluding hydrogens is 276 g/mol. The molecule has 1 aromatic rings. The maximum Gasteiger partial charge on any atom is 0.251 e. The molecule has 0 fully saturated rings. The Morgan fingerprint density at radius 3 is 2.25 bits per heavy atom. The van der Waals surface area contributed by atoms with E-state index in [1.807, 2.05) is 32.9 Å². The molecule has 0 aliphatic carbocycles.